The van der Waals surface area contributed by atoms with Crippen LogP contribution in [0.3, 0.4) is 0 Å². The summed E-state index contributed by atoms with van der Waals surface area (Å²) in [5, 5.41) is 33.9. The van der Waals surface area contributed by atoms with Crippen LogP contribution < -0.4 is 26.2 Å². The number of pyridine rings is 2. The average Bonchev–Trinajstić information content (AvgIpc) is 1.57. The Morgan fingerprint density at radius 2 is 0.937 bits per heavy atom. The maximum Gasteiger partial charge on any atom is 0.303 e. The predicted molar refractivity (Wildman–Crippen MR) is 358 cm³/mol. The smallest absolute Gasteiger partial charge is 0.303 e. The fourth-order valence-corrected chi connectivity index (χ4v) is 14.8. The van der Waals surface area contributed by atoms with Gasteiger partial charge in [-0.05, 0) is 122 Å². The molecular formula is C61H71N8O20S6+. The highest BCUT2D eigenvalue weighted by Gasteiger charge is 2.47. The van der Waals surface area contributed by atoms with Crippen molar-refractivity contribution < 1.29 is 95.4 Å². The standard InChI is InChI=1S/C61H70N8O20S6/c1-60(2)42-34-40(36-30-44(56(74)62-18-26-92(78,79)80)66-45(31-36)57(75)63-19-27-93(81,82)83)54-38(16-24-90-54)52(42)68(22-9-5-7-14-50(70)71)48(60)12-11-13-49-61(3,4)43-35-41(55-39(17-25-91-55)53(43)69(49)23-10-6-8-15-51(72)73)37-32-46(58(76)64-20-28-94(84,85)86)67-47(33-37)59(77)65-21-29-95(87,88)89/h11-13,16-17,24-25,30-35H,5-10,14-15,18-23,26-29H2,1-4H3,(H9-,62,63,64,65,70,71,72,73,74,75,76,77,78,79,80,81,82,83,84,85,86,87,88,89)/p+1. The highest BCUT2D eigenvalue weighted by atomic mass is 32.2. The van der Waals surface area contributed by atoms with Crippen LogP contribution in [-0.2, 0) is 60.9 Å². The SMILES string of the molecule is CC1(C)C(/C=C/C=C2/N(CCCCCC(=O)O)c3c(cc(-c4cc(C(=O)NCCS(=O)(=O)O)nc(C(=O)NCCS(=O)(=O)O)c4)c4sccc34)C2(C)C)=[N+](CCCCCC(=O)O)c2c1cc(-c1cc(C(=O)NCCS(=O)(=O)O)nc(C(=O)NCCS(=O)(=O)O)c1)c1sccc21. The van der Waals surface area contributed by atoms with Crippen LogP contribution in [0.5, 0.6) is 0 Å². The van der Waals surface area contributed by atoms with E-state index in [2.05, 4.69) is 40.7 Å². The zero-order valence-electron chi connectivity index (χ0n) is 51.9. The van der Waals surface area contributed by atoms with Crippen LogP contribution >= 0.6 is 22.7 Å². The molecule has 28 nitrogen and oxygen atoms in total. The lowest BCUT2D eigenvalue weighted by Gasteiger charge is -2.27. The number of nitrogens with one attached hydrogen (secondary N) is 4. The first kappa shape index (κ1) is 72.9. The molecule has 2 aliphatic heterocycles. The predicted octanol–water partition coefficient (Wildman–Crippen LogP) is 6.61. The van der Waals surface area contributed by atoms with Crippen molar-refractivity contribution in [3.8, 4) is 22.3 Å². The number of hydrogen-bond acceptors (Lipinski definition) is 19. The molecule has 95 heavy (non-hydrogen) atoms. The first-order chi connectivity index (χ1) is 44.4. The number of aliphatic carboxylic acids is 2. The number of rotatable bonds is 32. The van der Waals surface area contributed by atoms with E-state index in [-0.39, 0.29) is 35.6 Å². The Morgan fingerprint density at radius 1 is 0.537 bits per heavy atom. The molecule has 10 N–H and O–H groups in total. The Hall–Kier alpha value is -7.93. The molecule has 2 aromatic carbocycles. The zero-order chi connectivity index (χ0) is 69.6. The fourth-order valence-electron chi connectivity index (χ4n) is 11.5. The van der Waals surface area contributed by atoms with Crippen molar-refractivity contribution in [3.63, 3.8) is 0 Å². The van der Waals surface area contributed by atoms with Crippen LogP contribution in [0.1, 0.15) is 132 Å². The van der Waals surface area contributed by atoms with Crippen LogP contribution in [0.4, 0.5) is 11.4 Å². The van der Waals surface area contributed by atoms with Gasteiger partial charge in [0.25, 0.3) is 64.1 Å². The highest BCUT2D eigenvalue weighted by Crippen LogP contribution is 2.55. The second kappa shape index (κ2) is 29.6. The highest BCUT2D eigenvalue weighted by molar-refractivity contribution is 7.86. The Labute approximate surface area is 555 Å². The minimum atomic E-state index is -4.50. The number of carbonyl (C=O) groups is 6. The topological polar surface area (TPSA) is 441 Å². The minimum Gasteiger partial charge on any atom is -0.481 e. The number of fused-ring (bicyclic) bond motifs is 6. The number of carboxylic acids is 2. The third-order valence-electron chi connectivity index (χ3n) is 16.0. The quantitative estimate of drug-likeness (QED) is 0.0120. The van der Waals surface area contributed by atoms with Gasteiger partial charge in [-0.25, -0.2) is 9.97 Å². The van der Waals surface area contributed by atoms with Gasteiger partial charge in [0.15, 0.2) is 5.71 Å². The molecule has 34 heteroatoms. The van der Waals surface area contributed by atoms with Gasteiger partial charge in [0, 0.05) is 101 Å². The number of unbranched alkanes of at least 4 members (excludes halogenated alkanes) is 4. The van der Waals surface area contributed by atoms with Crippen molar-refractivity contribution >= 4 is 136 Å². The van der Waals surface area contributed by atoms with Crippen molar-refractivity contribution in [1.29, 1.82) is 0 Å². The molecule has 0 fully saturated rings. The molecule has 4 aromatic heterocycles. The molecule has 2 aliphatic rings. The molecule has 0 saturated carbocycles. The van der Waals surface area contributed by atoms with E-state index in [1.165, 1.54) is 46.9 Å². The fraction of sp³-hybridized carbons (Fsp3) is 0.393. The summed E-state index contributed by atoms with van der Waals surface area (Å²) in [5.41, 5.74) is 3.68. The summed E-state index contributed by atoms with van der Waals surface area (Å²) < 4.78 is 133. The van der Waals surface area contributed by atoms with Gasteiger partial charge >= 0.3 is 11.9 Å². The van der Waals surface area contributed by atoms with Gasteiger partial charge in [-0.3, -0.25) is 47.0 Å². The lowest BCUT2D eigenvalue weighted by Crippen LogP contribution is -2.32. The second-order valence-electron chi connectivity index (χ2n) is 23.6. The summed E-state index contributed by atoms with van der Waals surface area (Å²) in [4.78, 5) is 88.6. The number of amides is 4. The van der Waals surface area contributed by atoms with E-state index in [9.17, 15) is 90.9 Å². The molecule has 0 radical (unpaired) electrons. The van der Waals surface area contributed by atoms with Gasteiger partial charge in [-0.1, -0.05) is 26.3 Å². The van der Waals surface area contributed by atoms with Gasteiger partial charge < -0.3 is 36.4 Å². The number of hydrogen-bond donors (Lipinski definition) is 10. The summed E-state index contributed by atoms with van der Waals surface area (Å²) in [7, 11) is -18.0. The molecule has 4 amide bonds. The third-order valence-corrected chi connectivity index (χ3v) is 20.8. The summed E-state index contributed by atoms with van der Waals surface area (Å²) in [6, 6.07) is 13.4. The van der Waals surface area contributed by atoms with E-state index in [1.54, 1.807) is 0 Å². The maximum atomic E-state index is 13.7. The number of anilines is 1. The Kier molecular flexibility index (Phi) is 22.7. The first-order valence-corrected chi connectivity index (χ1v) is 38.0. The molecule has 0 spiro atoms. The van der Waals surface area contributed by atoms with Crippen molar-refractivity contribution in [2.45, 2.75) is 89.9 Å². The maximum absolute atomic E-state index is 13.7. The molecule has 0 unspecified atom stereocenters. The largest absolute Gasteiger partial charge is 0.481 e. The Bertz CT molecular complexity index is 4500. The monoisotopic (exact) mass is 1430 g/mol. The Balaban J connectivity index is 1.25. The lowest BCUT2D eigenvalue weighted by molar-refractivity contribution is -0.436. The van der Waals surface area contributed by atoms with Crippen molar-refractivity contribution in [2.75, 3.05) is 67.2 Å². The van der Waals surface area contributed by atoms with Gasteiger partial charge in [0.1, 0.15) is 29.3 Å². The van der Waals surface area contributed by atoms with Crippen molar-refractivity contribution in [1.82, 2.24) is 31.2 Å². The van der Waals surface area contributed by atoms with Crippen molar-refractivity contribution in [3.05, 3.63) is 117 Å². The number of thiophene rings is 2. The normalized spacial score (nSPS) is 15.0. The summed E-state index contributed by atoms with van der Waals surface area (Å²) in [6.45, 7) is 6.89. The summed E-state index contributed by atoms with van der Waals surface area (Å²) >= 11 is 2.72. The molecule has 0 bridgehead atoms. The molecule has 510 valence electrons. The number of carboxylic acid groups (broad SMARTS) is 2. The van der Waals surface area contributed by atoms with Gasteiger partial charge in [0.2, 0.25) is 5.69 Å². The van der Waals surface area contributed by atoms with Crippen LogP contribution in [0.25, 0.3) is 42.4 Å². The van der Waals surface area contributed by atoms with Crippen molar-refractivity contribution in [2.24, 2.45) is 0 Å². The van der Waals surface area contributed by atoms with Crippen LogP contribution in [0.2, 0.25) is 0 Å². The van der Waals surface area contributed by atoms with Crippen LogP contribution in [-0.4, -0.2) is 180 Å². The van der Waals surface area contributed by atoms with E-state index in [0.717, 1.165) is 44.7 Å². The average molecular weight is 1430 g/mol. The number of benzene rings is 2. The molecule has 0 aliphatic carbocycles. The number of aromatic nitrogens is 2. The summed E-state index contributed by atoms with van der Waals surface area (Å²) in [5.74, 6) is -8.79. The van der Waals surface area contributed by atoms with Crippen LogP contribution in [0.15, 0.2) is 83.2 Å². The van der Waals surface area contributed by atoms with Gasteiger partial charge in [-0.15, -0.1) is 22.7 Å². The van der Waals surface area contributed by atoms with E-state index in [0.29, 0.717) is 83.3 Å². The molecule has 0 atom stereocenters. The minimum absolute atomic E-state index is 0.0341. The van der Waals surface area contributed by atoms with E-state index >= 15 is 0 Å². The lowest BCUT2D eigenvalue weighted by atomic mass is 9.79. The van der Waals surface area contributed by atoms with Crippen LogP contribution in [0, 0.1) is 0 Å². The molecule has 6 aromatic rings. The third kappa shape index (κ3) is 18.4. The van der Waals surface area contributed by atoms with Gasteiger partial charge in [0.05, 0.1) is 39.5 Å². The van der Waals surface area contributed by atoms with E-state index in [4.69, 9.17) is 0 Å². The first-order valence-electron chi connectivity index (χ1n) is 29.8. The number of nitrogens with zero attached hydrogens (tertiary/aromatic N) is 4. The molecule has 8 rings (SSSR count). The molecular weight excluding hydrogens is 1360 g/mol. The summed E-state index contributed by atoms with van der Waals surface area (Å²) in [6.07, 6.45) is 8.96. The van der Waals surface area contributed by atoms with E-state index < -0.39 is 136 Å². The second-order valence-corrected chi connectivity index (χ2v) is 31.8. The molecule has 0 saturated heterocycles. The van der Waals surface area contributed by atoms with Gasteiger partial charge in [-0.2, -0.15) is 38.2 Å². The Morgan fingerprint density at radius 3 is 1.36 bits per heavy atom. The molecule has 6 heterocycles. The number of carbonyl (C=O) groups excluding carboxylic acids is 4. The van der Waals surface area contributed by atoms with E-state index in [1.807, 2.05) is 80.9 Å². The number of allylic oxidation sites excluding steroid dienone is 4. The zero-order valence-corrected chi connectivity index (χ0v) is 56.8.